The molecule has 0 bridgehead atoms. The van der Waals surface area contributed by atoms with Crippen LogP contribution in [0.15, 0.2) is 0 Å². The van der Waals surface area contributed by atoms with Gasteiger partial charge in [0, 0.05) is 0 Å². The van der Waals surface area contributed by atoms with Gasteiger partial charge in [0.25, 0.3) is 0 Å². The second-order valence-corrected chi connectivity index (χ2v) is 0.607. The average Bonchev–Trinajstić information content (AvgIpc) is 1.46. The number of hydrogen-bond donors (Lipinski definition) is 0. The fourth-order valence-corrected chi connectivity index (χ4v) is 0. The van der Waals surface area contributed by atoms with Crippen molar-refractivity contribution in [1.29, 1.82) is 0 Å². The van der Waals surface area contributed by atoms with Gasteiger partial charge in [-0.15, -0.1) is 0 Å². The van der Waals surface area contributed by atoms with Gasteiger partial charge in [0.15, 0.2) is 0 Å². The molecule has 0 aliphatic rings. The Morgan fingerprint density at radius 2 is 1.20 bits per heavy atom. The van der Waals surface area contributed by atoms with Crippen LogP contribution in [0.3, 0.4) is 0 Å². The Bertz CT molecular complexity index is 36.2. The van der Waals surface area contributed by atoms with E-state index < -0.39 is 37.8 Å². The van der Waals surface area contributed by atoms with Crippen LogP contribution in [0.25, 0.3) is 0 Å². The van der Waals surface area contributed by atoms with Gasteiger partial charge in [0.05, 0.1) is 0 Å². The fourth-order valence-electron chi connectivity index (χ4n) is 0. The Balaban J connectivity index is 0. The summed E-state index contributed by atoms with van der Waals surface area (Å²) in [6, 6.07) is 0. The van der Waals surface area contributed by atoms with E-state index in [-0.39, 0.29) is 24.7 Å². The van der Waals surface area contributed by atoms with Gasteiger partial charge in [-0.05, 0) is 0 Å². The standard InChI is InChI=1S/Bi.Ce.3O.H. The van der Waals surface area contributed by atoms with Crippen molar-refractivity contribution in [2.24, 2.45) is 0 Å². The summed E-state index contributed by atoms with van der Waals surface area (Å²) >= 11 is -2.36. The van der Waals surface area contributed by atoms with Crippen LogP contribution < -0.4 is 0 Å². The molecule has 28 valence electrons. The molecule has 0 heterocycles. The van der Waals surface area contributed by atoms with Gasteiger partial charge in [0.1, 0.15) is 0 Å². The van der Waals surface area contributed by atoms with Crippen LogP contribution in [-0.2, 0) is 4.69 Å². The van der Waals surface area contributed by atoms with E-state index in [2.05, 4.69) is 0 Å². The van der Waals surface area contributed by atoms with E-state index in [0.717, 1.165) is 0 Å². The second kappa shape index (κ2) is 17.4. The zero-order chi connectivity index (χ0) is 4.71. The summed E-state index contributed by atoms with van der Waals surface area (Å²) in [6.45, 7) is 0. The molecule has 0 radical (unpaired) electrons. The first kappa shape index (κ1) is 9.82. The Hall–Kier alpha value is 1.66. The van der Waals surface area contributed by atoms with Crippen molar-refractivity contribution >= 4 is 24.7 Å². The van der Waals surface area contributed by atoms with Crippen LogP contribution in [0, 0.1) is 37.8 Å². The average molecular weight is 398 g/mol. The third-order valence-electron chi connectivity index (χ3n) is 0. The van der Waals surface area contributed by atoms with Crippen molar-refractivity contribution < 1.29 is 42.5 Å². The normalized spacial score (nSPS) is 2.40. The molecule has 0 fully saturated rings. The van der Waals surface area contributed by atoms with Crippen LogP contribution in [-0.4, -0.2) is 24.7 Å². The first-order valence-electron chi connectivity index (χ1n) is 0.612. The Morgan fingerprint density at radius 3 is 1.20 bits per heavy atom. The third kappa shape index (κ3) is 27.5. The molecule has 0 unspecified atom stereocenters. The van der Waals surface area contributed by atoms with Crippen molar-refractivity contribution in [2.75, 3.05) is 0 Å². The maximum atomic E-state index is 8.57. The second-order valence-electron chi connectivity index (χ2n) is 0.0833. The summed E-state index contributed by atoms with van der Waals surface area (Å²) < 4.78 is 25.5. The van der Waals surface area contributed by atoms with Gasteiger partial charge < -0.3 is 0 Å². The van der Waals surface area contributed by atoms with Crippen molar-refractivity contribution in [3.63, 3.8) is 0 Å². The first-order valence-corrected chi connectivity index (χ1v) is 4.76. The topological polar surface area (TPSA) is 51.2 Å². The molecule has 0 atom stereocenters. The van der Waals surface area contributed by atoms with E-state index in [1.807, 2.05) is 0 Å². The molecular formula is HBiCeO3. The summed E-state index contributed by atoms with van der Waals surface area (Å²) in [6.07, 6.45) is 0. The summed E-state index contributed by atoms with van der Waals surface area (Å²) in [7, 11) is 0. The predicted octanol–water partition coefficient (Wildman–Crippen LogP) is -1.00. The summed E-state index contributed by atoms with van der Waals surface area (Å²) in [5.74, 6) is 0. The molecule has 5 heavy (non-hydrogen) atoms. The molecule has 0 spiro atoms. The molecule has 0 aromatic rings. The van der Waals surface area contributed by atoms with Crippen LogP contribution >= 0.6 is 0 Å². The van der Waals surface area contributed by atoms with Gasteiger partial charge in [-0.25, -0.2) is 0 Å². The van der Waals surface area contributed by atoms with E-state index in [9.17, 15) is 0 Å². The van der Waals surface area contributed by atoms with E-state index in [1.54, 1.807) is 0 Å². The third-order valence-corrected chi connectivity index (χ3v) is 0. The summed E-state index contributed by atoms with van der Waals surface area (Å²) in [5, 5.41) is 0. The van der Waals surface area contributed by atoms with Crippen molar-refractivity contribution in [2.45, 2.75) is 0 Å². The molecule has 0 saturated carbocycles. The Labute approximate surface area is 65.8 Å². The van der Waals surface area contributed by atoms with Gasteiger partial charge in [0.2, 0.25) is 0 Å². The Morgan fingerprint density at radius 1 is 1.20 bits per heavy atom. The number of hydrogen-bond acceptors (Lipinski definition) is 3. The molecule has 3 nitrogen and oxygen atoms in total. The fraction of sp³-hybridized carbons (Fsp3) is 0. The monoisotopic (exact) mass is 398 g/mol. The van der Waals surface area contributed by atoms with E-state index >= 15 is 0 Å². The number of rotatable bonds is 0. The molecule has 0 aliphatic heterocycles. The molecule has 0 aromatic carbocycles. The predicted molar refractivity (Wildman–Crippen MR) is 9.21 cm³/mol. The molecular weight excluding hydrogens is 397 g/mol. The van der Waals surface area contributed by atoms with Crippen molar-refractivity contribution in [1.82, 2.24) is 0 Å². The zero-order valence-electron chi connectivity index (χ0n) is 2.22. The molecule has 5 heteroatoms. The van der Waals surface area contributed by atoms with Gasteiger partial charge in [-0.2, -0.15) is 0 Å². The molecule has 0 aliphatic carbocycles. The van der Waals surface area contributed by atoms with Crippen molar-refractivity contribution in [3.8, 4) is 0 Å². The molecule has 0 rings (SSSR count). The zero-order valence-corrected chi connectivity index (χ0v) is 9.25. The molecule has 0 saturated heterocycles. The van der Waals surface area contributed by atoms with E-state index in [4.69, 9.17) is 4.69 Å². The molecule has 0 aromatic heterocycles. The Kier molecular flexibility index (Phi) is 34.1. The minimum absolute atomic E-state index is 0.0556. The maximum absolute atomic E-state index is 8.57. The van der Waals surface area contributed by atoms with Gasteiger partial charge >= 0.3 is 67.2 Å². The quantitative estimate of drug-likeness (QED) is 0.492. The summed E-state index contributed by atoms with van der Waals surface area (Å²) in [4.78, 5) is 0. The van der Waals surface area contributed by atoms with Crippen LogP contribution in [0.5, 0.6) is 0 Å². The first-order chi connectivity index (χ1) is 2.41. The SMILES string of the molecule is [O]=[BiH].[O]=[Ce]=[O]. The molecule has 0 N–H and O–H groups in total. The van der Waals surface area contributed by atoms with E-state index in [0.29, 0.717) is 0 Å². The van der Waals surface area contributed by atoms with Crippen LogP contribution in [0.4, 0.5) is 0 Å². The van der Waals surface area contributed by atoms with Crippen LogP contribution in [0.1, 0.15) is 0 Å². The van der Waals surface area contributed by atoms with Gasteiger partial charge in [-0.3, -0.25) is 0 Å². The minimum atomic E-state index is -2.42. The van der Waals surface area contributed by atoms with Crippen LogP contribution in [0.2, 0.25) is 0 Å². The summed E-state index contributed by atoms with van der Waals surface area (Å²) in [5.41, 5.74) is 0. The van der Waals surface area contributed by atoms with Gasteiger partial charge in [-0.1, -0.05) is 0 Å². The van der Waals surface area contributed by atoms with E-state index in [1.165, 1.54) is 0 Å². The van der Waals surface area contributed by atoms with Crippen molar-refractivity contribution in [3.05, 3.63) is 0 Å². The molecule has 0 amide bonds.